The van der Waals surface area contributed by atoms with Gasteiger partial charge in [-0.25, -0.2) is 15.0 Å². The van der Waals surface area contributed by atoms with Crippen molar-refractivity contribution in [3.8, 4) is 0 Å². The Morgan fingerprint density at radius 2 is 2.03 bits per heavy atom. The molecule has 31 heavy (non-hydrogen) atoms. The smallest absolute Gasteiger partial charge is 0.293 e. The highest BCUT2D eigenvalue weighted by Gasteiger charge is 2.25. The van der Waals surface area contributed by atoms with E-state index < -0.39 is 5.60 Å². The molecule has 0 aromatic carbocycles. The molecule has 0 unspecified atom stereocenters. The Hall–Kier alpha value is -2.34. The van der Waals surface area contributed by atoms with Gasteiger partial charge in [0.2, 0.25) is 0 Å². The number of aromatic nitrogens is 3. The van der Waals surface area contributed by atoms with Gasteiger partial charge in [0.1, 0.15) is 29.9 Å². The van der Waals surface area contributed by atoms with Crippen LogP contribution in [0.2, 0.25) is 0 Å². The van der Waals surface area contributed by atoms with Crippen LogP contribution in [0, 0.1) is 6.92 Å². The second-order valence-electron chi connectivity index (χ2n) is 7.68. The molecule has 0 spiro atoms. The van der Waals surface area contributed by atoms with Crippen LogP contribution in [-0.2, 0) is 24.6 Å². The van der Waals surface area contributed by atoms with Crippen molar-refractivity contribution in [2.75, 3.05) is 63.5 Å². The summed E-state index contributed by atoms with van der Waals surface area (Å²) in [6.45, 7) is 11.6. The maximum absolute atomic E-state index is 10.7. The highest BCUT2D eigenvalue weighted by atomic mass is 32.1. The number of methoxy groups -OCH3 is 1. The minimum atomic E-state index is -0.722. The Morgan fingerprint density at radius 3 is 2.74 bits per heavy atom. The van der Waals surface area contributed by atoms with Gasteiger partial charge in [-0.3, -0.25) is 9.69 Å². The minimum Gasteiger partial charge on any atom is -0.456 e. The van der Waals surface area contributed by atoms with Crippen LogP contribution in [0.25, 0.3) is 0 Å². The monoisotopic (exact) mass is 450 g/mol. The van der Waals surface area contributed by atoms with E-state index in [1.165, 1.54) is 11.3 Å². The van der Waals surface area contributed by atoms with E-state index in [-0.39, 0.29) is 0 Å². The van der Waals surface area contributed by atoms with Crippen LogP contribution in [0.4, 0.5) is 16.8 Å². The van der Waals surface area contributed by atoms with Crippen LogP contribution in [0.5, 0.6) is 0 Å². The third-order valence-electron chi connectivity index (χ3n) is 4.95. The minimum absolute atomic E-state index is 0.332. The average Bonchev–Trinajstić information content (AvgIpc) is 3.21. The number of rotatable bonds is 11. The molecule has 2 aromatic heterocycles. The lowest BCUT2D eigenvalue weighted by atomic mass is 10.1. The number of anilines is 3. The van der Waals surface area contributed by atoms with Gasteiger partial charge in [0.15, 0.2) is 5.13 Å². The summed E-state index contributed by atoms with van der Waals surface area (Å²) in [6, 6.07) is 1.94. The van der Waals surface area contributed by atoms with Crippen molar-refractivity contribution in [3.05, 3.63) is 23.0 Å². The van der Waals surface area contributed by atoms with Crippen molar-refractivity contribution in [3.63, 3.8) is 0 Å². The summed E-state index contributed by atoms with van der Waals surface area (Å²) in [5.41, 5.74) is -0.722. The second-order valence-corrected chi connectivity index (χ2v) is 8.71. The van der Waals surface area contributed by atoms with Crippen molar-refractivity contribution in [1.82, 2.24) is 19.9 Å². The fourth-order valence-corrected chi connectivity index (χ4v) is 4.08. The number of hydrogen-bond acceptors (Lipinski definition) is 11. The molecular weight excluding hydrogens is 420 g/mol. The van der Waals surface area contributed by atoms with E-state index >= 15 is 0 Å². The number of nitrogens with zero attached hydrogens (tertiary/aromatic N) is 5. The van der Waals surface area contributed by atoms with E-state index in [9.17, 15) is 4.79 Å². The Bertz CT molecular complexity index is 854. The maximum atomic E-state index is 10.7. The first-order valence-electron chi connectivity index (χ1n) is 10.2. The Kier molecular flexibility index (Phi) is 8.13. The van der Waals surface area contributed by atoms with Crippen molar-refractivity contribution >= 4 is 34.6 Å². The quantitative estimate of drug-likeness (QED) is 0.311. The third-order valence-corrected chi connectivity index (χ3v) is 6.17. The van der Waals surface area contributed by atoms with E-state index in [4.69, 9.17) is 14.2 Å². The summed E-state index contributed by atoms with van der Waals surface area (Å²) in [5, 5.41) is 3.94. The molecule has 11 heteroatoms. The van der Waals surface area contributed by atoms with Crippen LogP contribution in [0.15, 0.2) is 12.3 Å². The van der Waals surface area contributed by atoms with Crippen LogP contribution in [-0.4, -0.2) is 79.6 Å². The van der Waals surface area contributed by atoms with Crippen LogP contribution in [0.1, 0.15) is 24.5 Å². The number of aryl methyl sites for hydroxylation is 1. The van der Waals surface area contributed by atoms with Gasteiger partial charge in [-0.05, 0) is 20.8 Å². The van der Waals surface area contributed by atoms with E-state index in [1.54, 1.807) is 13.3 Å². The highest BCUT2D eigenvalue weighted by molar-refractivity contribution is 7.15. The van der Waals surface area contributed by atoms with Gasteiger partial charge in [-0.15, -0.1) is 0 Å². The lowest BCUT2D eigenvalue weighted by molar-refractivity contribution is -0.140. The molecule has 1 N–H and O–H groups in total. The third kappa shape index (κ3) is 6.57. The van der Waals surface area contributed by atoms with Crippen LogP contribution < -0.4 is 10.2 Å². The first-order valence-corrected chi connectivity index (χ1v) is 11.0. The van der Waals surface area contributed by atoms with Crippen LogP contribution in [0.3, 0.4) is 0 Å². The summed E-state index contributed by atoms with van der Waals surface area (Å²) < 4.78 is 15.4. The topological polar surface area (TPSA) is 102 Å². The zero-order valence-corrected chi connectivity index (χ0v) is 19.3. The number of ether oxygens (including phenoxy) is 3. The fraction of sp³-hybridized carbons (Fsp3) is 0.600. The molecule has 0 saturated carbocycles. The maximum Gasteiger partial charge on any atom is 0.293 e. The number of thiazole rings is 1. The molecule has 0 amide bonds. The Morgan fingerprint density at radius 1 is 1.26 bits per heavy atom. The standard InChI is InChI=1S/C20H30N6O4S/c1-15-22-17(24-19-21-12-16(31-19)20(2,3)30-13-27)11-18(23-15)26-7-5-25(6-8-26)9-10-29-14-28-4/h11-13H,5-10,14H2,1-4H3,(H,21,22,23,24). The fourth-order valence-electron chi connectivity index (χ4n) is 3.21. The first-order chi connectivity index (χ1) is 14.9. The lowest BCUT2D eigenvalue weighted by Gasteiger charge is -2.35. The number of carbonyl (C=O) groups is 1. The molecule has 3 rings (SSSR count). The molecular formula is C20H30N6O4S. The summed E-state index contributed by atoms with van der Waals surface area (Å²) >= 11 is 1.43. The predicted octanol–water partition coefficient (Wildman–Crippen LogP) is 2.14. The van der Waals surface area contributed by atoms with Gasteiger partial charge >= 0.3 is 0 Å². The molecule has 0 atom stereocenters. The van der Waals surface area contributed by atoms with Crippen molar-refractivity contribution in [2.45, 2.75) is 26.4 Å². The van der Waals surface area contributed by atoms with Gasteiger partial charge in [-0.2, -0.15) is 0 Å². The molecule has 1 fully saturated rings. The number of hydrogen-bond donors (Lipinski definition) is 1. The average molecular weight is 451 g/mol. The van der Waals surface area contributed by atoms with Gasteiger partial charge in [0.25, 0.3) is 6.47 Å². The van der Waals surface area contributed by atoms with E-state index in [0.29, 0.717) is 36.6 Å². The van der Waals surface area contributed by atoms with Crippen molar-refractivity contribution < 1.29 is 19.0 Å². The molecule has 0 radical (unpaired) electrons. The number of nitrogens with one attached hydrogen (secondary N) is 1. The second kappa shape index (κ2) is 10.8. The number of piperazine rings is 1. The summed E-state index contributed by atoms with van der Waals surface area (Å²) in [5.74, 6) is 2.27. The number of carbonyl (C=O) groups excluding carboxylic acids is 1. The van der Waals surface area contributed by atoms with Gasteiger partial charge < -0.3 is 24.4 Å². The van der Waals surface area contributed by atoms with E-state index in [1.807, 2.05) is 26.8 Å². The van der Waals surface area contributed by atoms with Crippen molar-refractivity contribution in [1.29, 1.82) is 0 Å². The molecule has 1 aliphatic rings. The zero-order valence-electron chi connectivity index (χ0n) is 18.5. The molecule has 3 heterocycles. The normalized spacial score (nSPS) is 15.2. The van der Waals surface area contributed by atoms with Gasteiger partial charge in [0.05, 0.1) is 11.5 Å². The van der Waals surface area contributed by atoms with E-state index in [0.717, 1.165) is 43.4 Å². The first kappa shape index (κ1) is 23.3. The lowest BCUT2D eigenvalue weighted by Crippen LogP contribution is -2.47. The summed E-state index contributed by atoms with van der Waals surface area (Å²) in [4.78, 5) is 29.7. The zero-order chi connectivity index (χ0) is 22.3. The molecule has 0 bridgehead atoms. The Labute approximate surface area is 186 Å². The SMILES string of the molecule is COCOCCN1CCN(c2cc(Nc3ncc(C(C)(C)OC=O)s3)nc(C)n2)CC1. The van der Waals surface area contributed by atoms with E-state index in [2.05, 4.69) is 30.1 Å². The predicted molar refractivity (Wildman–Crippen MR) is 119 cm³/mol. The molecule has 0 aliphatic carbocycles. The van der Waals surface area contributed by atoms with Gasteiger partial charge in [0, 0.05) is 52.1 Å². The van der Waals surface area contributed by atoms with Gasteiger partial charge in [-0.1, -0.05) is 11.3 Å². The highest BCUT2D eigenvalue weighted by Crippen LogP contribution is 2.32. The molecule has 170 valence electrons. The molecule has 2 aromatic rings. The largest absolute Gasteiger partial charge is 0.456 e. The summed E-state index contributed by atoms with van der Waals surface area (Å²) in [7, 11) is 1.63. The Balaban J connectivity index is 1.60. The molecule has 10 nitrogen and oxygen atoms in total. The molecule has 1 aliphatic heterocycles. The molecule has 1 saturated heterocycles. The van der Waals surface area contributed by atoms with Crippen LogP contribution >= 0.6 is 11.3 Å². The van der Waals surface area contributed by atoms with Crippen molar-refractivity contribution in [2.24, 2.45) is 0 Å². The summed E-state index contributed by atoms with van der Waals surface area (Å²) in [6.07, 6.45) is 1.71.